The molecule has 36 heavy (non-hydrogen) atoms. The number of carbonyl (C=O) groups excluding carboxylic acids is 2. The lowest BCUT2D eigenvalue weighted by Crippen LogP contribution is -2.53. The first kappa shape index (κ1) is 28.0. The molecule has 1 atom stereocenters. The number of nitrogens with zero attached hydrogens (tertiary/aromatic N) is 2. The fourth-order valence-corrected chi connectivity index (χ4v) is 5.61. The Bertz CT molecular complexity index is 1150. The SMILES string of the molecule is CC[C@@H](C(=O)NC1CCCCC1)N(Cc1ccccc1)C(=O)CN(c1ccc(C)c(Cl)c1)S(C)(=O)=O. The molecule has 1 N–H and O–H groups in total. The van der Waals surface area contributed by atoms with Crippen LogP contribution < -0.4 is 9.62 Å². The van der Waals surface area contributed by atoms with Crippen LogP contribution in [0.3, 0.4) is 0 Å². The van der Waals surface area contributed by atoms with E-state index in [-0.39, 0.29) is 18.5 Å². The highest BCUT2D eigenvalue weighted by Crippen LogP contribution is 2.26. The van der Waals surface area contributed by atoms with Crippen molar-refractivity contribution in [1.82, 2.24) is 10.2 Å². The van der Waals surface area contributed by atoms with Gasteiger partial charge in [0.1, 0.15) is 12.6 Å². The van der Waals surface area contributed by atoms with Crippen LogP contribution in [0.1, 0.15) is 56.6 Å². The molecular formula is C27H36ClN3O4S. The van der Waals surface area contributed by atoms with Gasteiger partial charge in [0.05, 0.1) is 11.9 Å². The Kier molecular flexibility index (Phi) is 9.79. The topological polar surface area (TPSA) is 86.8 Å². The summed E-state index contributed by atoms with van der Waals surface area (Å²) in [5.74, 6) is -0.649. The molecule has 2 aromatic carbocycles. The lowest BCUT2D eigenvalue weighted by Gasteiger charge is -2.34. The van der Waals surface area contributed by atoms with Crippen LogP contribution in [0, 0.1) is 6.92 Å². The minimum Gasteiger partial charge on any atom is -0.352 e. The number of halogens is 1. The first-order valence-electron chi connectivity index (χ1n) is 12.5. The predicted molar refractivity (Wildman–Crippen MR) is 144 cm³/mol. The van der Waals surface area contributed by atoms with Crippen molar-refractivity contribution in [1.29, 1.82) is 0 Å². The summed E-state index contributed by atoms with van der Waals surface area (Å²) in [6, 6.07) is 13.7. The van der Waals surface area contributed by atoms with Gasteiger partial charge in [0.15, 0.2) is 0 Å². The second kappa shape index (κ2) is 12.6. The van der Waals surface area contributed by atoms with E-state index >= 15 is 0 Å². The normalized spacial score (nSPS) is 15.2. The molecule has 1 aliphatic rings. The molecule has 7 nitrogen and oxygen atoms in total. The van der Waals surface area contributed by atoms with E-state index in [0.29, 0.717) is 17.1 Å². The van der Waals surface area contributed by atoms with Crippen molar-refractivity contribution in [2.24, 2.45) is 0 Å². The summed E-state index contributed by atoms with van der Waals surface area (Å²) in [4.78, 5) is 28.6. The van der Waals surface area contributed by atoms with Crippen LogP contribution in [0.25, 0.3) is 0 Å². The van der Waals surface area contributed by atoms with Gasteiger partial charge in [-0.3, -0.25) is 13.9 Å². The number of hydrogen-bond donors (Lipinski definition) is 1. The second-order valence-electron chi connectivity index (χ2n) is 9.48. The average Bonchev–Trinajstić information content (AvgIpc) is 2.84. The van der Waals surface area contributed by atoms with Crippen LogP contribution in [0.5, 0.6) is 0 Å². The molecule has 0 aromatic heterocycles. The van der Waals surface area contributed by atoms with Crippen molar-refractivity contribution >= 4 is 39.1 Å². The maximum Gasteiger partial charge on any atom is 0.244 e. The summed E-state index contributed by atoms with van der Waals surface area (Å²) in [7, 11) is -3.80. The Labute approximate surface area is 219 Å². The van der Waals surface area contributed by atoms with Crippen molar-refractivity contribution in [3.63, 3.8) is 0 Å². The van der Waals surface area contributed by atoms with Gasteiger partial charge in [-0.25, -0.2) is 8.42 Å². The monoisotopic (exact) mass is 533 g/mol. The molecule has 196 valence electrons. The summed E-state index contributed by atoms with van der Waals surface area (Å²) in [6.07, 6.45) is 6.67. The quantitative estimate of drug-likeness (QED) is 0.481. The van der Waals surface area contributed by atoms with Gasteiger partial charge < -0.3 is 10.2 Å². The highest BCUT2D eigenvalue weighted by Gasteiger charge is 2.32. The molecule has 3 rings (SSSR count). The molecule has 1 aliphatic carbocycles. The summed E-state index contributed by atoms with van der Waals surface area (Å²) in [5.41, 5.74) is 1.97. The zero-order valence-electron chi connectivity index (χ0n) is 21.2. The number of hydrogen-bond acceptors (Lipinski definition) is 4. The number of anilines is 1. The molecule has 0 saturated heterocycles. The van der Waals surface area contributed by atoms with Gasteiger partial charge in [-0.2, -0.15) is 0 Å². The van der Waals surface area contributed by atoms with Gasteiger partial charge in [0.25, 0.3) is 0 Å². The minimum atomic E-state index is -3.80. The molecule has 9 heteroatoms. The zero-order valence-corrected chi connectivity index (χ0v) is 22.8. The highest BCUT2D eigenvalue weighted by molar-refractivity contribution is 7.92. The van der Waals surface area contributed by atoms with Gasteiger partial charge in [-0.05, 0) is 49.4 Å². The Hall–Kier alpha value is -2.58. The van der Waals surface area contributed by atoms with Gasteiger partial charge in [-0.15, -0.1) is 0 Å². The Balaban J connectivity index is 1.90. The Morgan fingerprint density at radius 1 is 1.08 bits per heavy atom. The molecule has 2 aromatic rings. The van der Waals surface area contributed by atoms with Crippen molar-refractivity contribution in [3.8, 4) is 0 Å². The predicted octanol–water partition coefficient (Wildman–Crippen LogP) is 4.67. The molecule has 0 spiro atoms. The van der Waals surface area contributed by atoms with Crippen LogP contribution in [0.2, 0.25) is 5.02 Å². The Morgan fingerprint density at radius 3 is 2.33 bits per heavy atom. The third-order valence-electron chi connectivity index (χ3n) is 6.66. The van der Waals surface area contributed by atoms with E-state index in [0.717, 1.165) is 47.4 Å². The molecule has 2 amide bonds. The van der Waals surface area contributed by atoms with Gasteiger partial charge in [0.2, 0.25) is 21.8 Å². The maximum absolute atomic E-state index is 13.7. The van der Waals surface area contributed by atoms with Gasteiger partial charge in [0, 0.05) is 17.6 Å². The first-order chi connectivity index (χ1) is 17.1. The van der Waals surface area contributed by atoms with Crippen molar-refractivity contribution < 1.29 is 18.0 Å². The lowest BCUT2D eigenvalue weighted by atomic mass is 9.95. The van der Waals surface area contributed by atoms with Crippen LogP contribution in [0.4, 0.5) is 5.69 Å². The van der Waals surface area contributed by atoms with E-state index in [4.69, 9.17) is 11.6 Å². The molecule has 0 aliphatic heterocycles. The number of carbonyl (C=O) groups is 2. The molecule has 0 radical (unpaired) electrons. The first-order valence-corrected chi connectivity index (χ1v) is 14.7. The van der Waals surface area contributed by atoms with Crippen LogP contribution in [0.15, 0.2) is 48.5 Å². The Morgan fingerprint density at radius 2 is 1.75 bits per heavy atom. The lowest BCUT2D eigenvalue weighted by molar-refractivity contribution is -0.140. The van der Waals surface area contributed by atoms with Crippen LogP contribution in [-0.4, -0.2) is 50.0 Å². The van der Waals surface area contributed by atoms with E-state index in [1.165, 1.54) is 11.3 Å². The third-order valence-corrected chi connectivity index (χ3v) is 8.20. The minimum absolute atomic E-state index is 0.108. The maximum atomic E-state index is 13.7. The summed E-state index contributed by atoms with van der Waals surface area (Å²) < 4.78 is 26.5. The zero-order chi connectivity index (χ0) is 26.3. The largest absolute Gasteiger partial charge is 0.352 e. The highest BCUT2D eigenvalue weighted by atomic mass is 35.5. The van der Waals surface area contributed by atoms with Crippen LogP contribution in [-0.2, 0) is 26.2 Å². The smallest absolute Gasteiger partial charge is 0.244 e. The molecular weight excluding hydrogens is 498 g/mol. The number of nitrogens with one attached hydrogen (secondary N) is 1. The van der Waals surface area contributed by atoms with Gasteiger partial charge >= 0.3 is 0 Å². The van der Waals surface area contributed by atoms with E-state index in [1.54, 1.807) is 18.2 Å². The summed E-state index contributed by atoms with van der Waals surface area (Å²) >= 11 is 6.25. The standard InChI is InChI=1S/C27H36ClN3O4S/c1-4-25(27(33)29-22-13-9-6-10-14-22)30(18-21-11-7-5-8-12-21)26(32)19-31(36(3,34)35)23-16-15-20(2)24(28)17-23/h5,7-8,11-12,15-17,22,25H,4,6,9-10,13-14,18-19H2,1-3H3,(H,29,33)/t25-/m0/s1. The number of sulfonamides is 1. The fraction of sp³-hybridized carbons (Fsp3) is 0.481. The molecule has 0 heterocycles. The average molecular weight is 534 g/mol. The summed E-state index contributed by atoms with van der Waals surface area (Å²) in [5, 5.41) is 3.55. The van der Waals surface area contributed by atoms with E-state index < -0.39 is 28.5 Å². The van der Waals surface area contributed by atoms with Crippen molar-refractivity contribution in [3.05, 3.63) is 64.7 Å². The fourth-order valence-electron chi connectivity index (χ4n) is 4.59. The molecule has 0 unspecified atom stereocenters. The number of rotatable bonds is 10. The third kappa shape index (κ3) is 7.46. The second-order valence-corrected chi connectivity index (χ2v) is 11.8. The van der Waals surface area contributed by atoms with Crippen molar-refractivity contribution in [2.45, 2.75) is 71.0 Å². The van der Waals surface area contributed by atoms with Crippen molar-refractivity contribution in [2.75, 3.05) is 17.1 Å². The summed E-state index contributed by atoms with van der Waals surface area (Å²) in [6.45, 7) is 3.45. The van der Waals surface area contributed by atoms with E-state index in [1.807, 2.05) is 44.2 Å². The number of amides is 2. The number of aryl methyl sites for hydroxylation is 1. The molecule has 1 saturated carbocycles. The van der Waals surface area contributed by atoms with E-state index in [2.05, 4.69) is 5.32 Å². The molecule has 1 fully saturated rings. The van der Waals surface area contributed by atoms with E-state index in [9.17, 15) is 18.0 Å². The molecule has 0 bridgehead atoms. The number of benzene rings is 2. The van der Waals surface area contributed by atoms with Crippen LogP contribution >= 0.6 is 11.6 Å². The van der Waals surface area contributed by atoms with Gasteiger partial charge in [-0.1, -0.05) is 74.2 Å².